The Kier molecular flexibility index (Phi) is 4.49. The molecule has 0 saturated carbocycles. The number of esters is 1. The maximum atomic E-state index is 11.8. The lowest BCUT2D eigenvalue weighted by molar-refractivity contribution is 0.0441. The third kappa shape index (κ3) is 3.44. The first-order valence-corrected chi connectivity index (χ1v) is 5.74. The summed E-state index contributed by atoms with van der Waals surface area (Å²) >= 11 is 0. The number of hydrogen-bond acceptors (Lipinski definition) is 4. The van der Waals surface area contributed by atoms with E-state index in [0.29, 0.717) is 29.4 Å². The fourth-order valence-electron chi connectivity index (χ4n) is 1.47. The molecule has 4 nitrogen and oxygen atoms in total. The standard InChI is InChI=1S/C13H18O4/c1-5-8(2)7-16-13(15)12-9(3)6-11(14)17-10(12)4/h6,8H,5,7H2,1-4H3. The maximum Gasteiger partial charge on any atom is 0.341 e. The summed E-state index contributed by atoms with van der Waals surface area (Å²) in [6, 6.07) is 1.30. The van der Waals surface area contributed by atoms with E-state index >= 15 is 0 Å². The molecule has 0 aromatic carbocycles. The molecule has 0 spiro atoms. The molecule has 1 heterocycles. The highest BCUT2D eigenvalue weighted by atomic mass is 16.5. The second-order valence-electron chi connectivity index (χ2n) is 4.29. The molecule has 1 aromatic heterocycles. The van der Waals surface area contributed by atoms with E-state index in [1.165, 1.54) is 6.07 Å². The maximum absolute atomic E-state index is 11.8. The van der Waals surface area contributed by atoms with Gasteiger partial charge in [0.15, 0.2) is 0 Å². The summed E-state index contributed by atoms with van der Waals surface area (Å²) < 4.78 is 10.1. The third-order valence-corrected chi connectivity index (χ3v) is 2.73. The van der Waals surface area contributed by atoms with Gasteiger partial charge < -0.3 is 9.15 Å². The summed E-state index contributed by atoms with van der Waals surface area (Å²) in [4.78, 5) is 22.9. The van der Waals surface area contributed by atoms with Crippen molar-refractivity contribution in [2.24, 2.45) is 5.92 Å². The highest BCUT2D eigenvalue weighted by Crippen LogP contribution is 2.13. The van der Waals surface area contributed by atoms with E-state index in [1.807, 2.05) is 13.8 Å². The smallest absolute Gasteiger partial charge is 0.341 e. The normalized spacial score (nSPS) is 12.2. The highest BCUT2D eigenvalue weighted by molar-refractivity contribution is 5.91. The number of aryl methyl sites for hydroxylation is 2. The molecule has 0 radical (unpaired) electrons. The highest BCUT2D eigenvalue weighted by Gasteiger charge is 2.17. The van der Waals surface area contributed by atoms with Gasteiger partial charge in [-0.2, -0.15) is 0 Å². The fraction of sp³-hybridized carbons (Fsp3) is 0.538. The van der Waals surface area contributed by atoms with Crippen molar-refractivity contribution in [3.8, 4) is 0 Å². The first kappa shape index (κ1) is 13.5. The lowest BCUT2D eigenvalue weighted by Crippen LogP contribution is -2.15. The van der Waals surface area contributed by atoms with E-state index in [-0.39, 0.29) is 0 Å². The molecule has 0 aliphatic carbocycles. The quantitative estimate of drug-likeness (QED) is 0.756. The van der Waals surface area contributed by atoms with Crippen LogP contribution in [0.4, 0.5) is 0 Å². The molecule has 0 aliphatic rings. The van der Waals surface area contributed by atoms with Crippen LogP contribution in [0.3, 0.4) is 0 Å². The van der Waals surface area contributed by atoms with Crippen molar-refractivity contribution < 1.29 is 13.9 Å². The summed E-state index contributed by atoms with van der Waals surface area (Å²) in [5.41, 5.74) is 0.499. The average Bonchev–Trinajstić information content (AvgIpc) is 2.24. The van der Waals surface area contributed by atoms with Gasteiger partial charge in [-0.3, -0.25) is 0 Å². The number of carbonyl (C=O) groups excluding carboxylic acids is 1. The van der Waals surface area contributed by atoms with E-state index < -0.39 is 11.6 Å². The van der Waals surface area contributed by atoms with E-state index in [0.717, 1.165) is 6.42 Å². The van der Waals surface area contributed by atoms with Gasteiger partial charge in [0, 0.05) is 6.07 Å². The molecule has 0 fully saturated rings. The van der Waals surface area contributed by atoms with Gasteiger partial charge in [0.1, 0.15) is 11.3 Å². The molecule has 0 amide bonds. The summed E-state index contributed by atoms with van der Waals surface area (Å²) in [6.07, 6.45) is 0.953. The van der Waals surface area contributed by atoms with Crippen LogP contribution in [0.2, 0.25) is 0 Å². The molecule has 1 unspecified atom stereocenters. The monoisotopic (exact) mass is 238 g/mol. The summed E-state index contributed by atoms with van der Waals surface area (Å²) in [5.74, 6) is 0.212. The molecule has 0 saturated heterocycles. The van der Waals surface area contributed by atoms with Crippen molar-refractivity contribution >= 4 is 5.97 Å². The van der Waals surface area contributed by atoms with Crippen LogP contribution in [0.15, 0.2) is 15.3 Å². The van der Waals surface area contributed by atoms with Crippen LogP contribution in [0.5, 0.6) is 0 Å². The molecular weight excluding hydrogens is 220 g/mol. The zero-order chi connectivity index (χ0) is 13.0. The Bertz CT molecular complexity index is 433. The molecular formula is C13H18O4. The largest absolute Gasteiger partial charge is 0.462 e. The van der Waals surface area contributed by atoms with Gasteiger partial charge in [-0.1, -0.05) is 20.3 Å². The third-order valence-electron chi connectivity index (χ3n) is 2.73. The molecule has 1 aromatic rings. The lowest BCUT2D eigenvalue weighted by Gasteiger charge is -2.11. The van der Waals surface area contributed by atoms with Crippen LogP contribution in [-0.2, 0) is 4.74 Å². The topological polar surface area (TPSA) is 56.5 Å². The minimum absolute atomic E-state index is 0.309. The lowest BCUT2D eigenvalue weighted by atomic mass is 10.1. The second kappa shape index (κ2) is 5.66. The van der Waals surface area contributed by atoms with Gasteiger partial charge in [-0.05, 0) is 25.3 Å². The molecule has 94 valence electrons. The van der Waals surface area contributed by atoms with Crippen LogP contribution in [0.1, 0.15) is 41.9 Å². The average molecular weight is 238 g/mol. The Hall–Kier alpha value is -1.58. The van der Waals surface area contributed by atoms with E-state index in [1.54, 1.807) is 13.8 Å². The van der Waals surface area contributed by atoms with Crippen molar-refractivity contribution in [3.05, 3.63) is 33.4 Å². The van der Waals surface area contributed by atoms with Gasteiger partial charge in [-0.25, -0.2) is 9.59 Å². The predicted molar refractivity (Wildman–Crippen MR) is 64.2 cm³/mol. The number of rotatable bonds is 4. The Morgan fingerprint density at radius 1 is 1.47 bits per heavy atom. The van der Waals surface area contributed by atoms with Gasteiger partial charge in [0.2, 0.25) is 0 Å². The molecule has 17 heavy (non-hydrogen) atoms. The van der Waals surface area contributed by atoms with Crippen molar-refractivity contribution in [1.29, 1.82) is 0 Å². The molecule has 1 atom stereocenters. The summed E-state index contributed by atoms with van der Waals surface area (Å²) in [5, 5.41) is 0. The minimum atomic E-state index is -0.446. The Morgan fingerprint density at radius 3 is 2.65 bits per heavy atom. The summed E-state index contributed by atoms with van der Waals surface area (Å²) in [7, 11) is 0. The molecule has 0 bridgehead atoms. The summed E-state index contributed by atoms with van der Waals surface area (Å²) in [6.45, 7) is 7.72. The van der Waals surface area contributed by atoms with Gasteiger partial charge in [0.25, 0.3) is 0 Å². The first-order chi connectivity index (χ1) is 7.95. The van der Waals surface area contributed by atoms with Crippen molar-refractivity contribution in [2.45, 2.75) is 34.1 Å². The van der Waals surface area contributed by atoms with Crippen molar-refractivity contribution in [3.63, 3.8) is 0 Å². The van der Waals surface area contributed by atoms with Crippen LogP contribution < -0.4 is 5.63 Å². The van der Waals surface area contributed by atoms with Gasteiger partial charge in [0.05, 0.1) is 6.61 Å². The zero-order valence-electron chi connectivity index (χ0n) is 10.7. The molecule has 0 N–H and O–H groups in total. The minimum Gasteiger partial charge on any atom is -0.462 e. The van der Waals surface area contributed by atoms with Crippen LogP contribution in [0.25, 0.3) is 0 Å². The van der Waals surface area contributed by atoms with Gasteiger partial charge in [-0.15, -0.1) is 0 Å². The Morgan fingerprint density at radius 2 is 2.12 bits per heavy atom. The molecule has 0 aliphatic heterocycles. The van der Waals surface area contributed by atoms with E-state index in [4.69, 9.17) is 9.15 Å². The SMILES string of the molecule is CCC(C)COC(=O)c1c(C)cc(=O)oc1C. The number of ether oxygens (including phenoxy) is 1. The van der Waals surface area contributed by atoms with Crippen LogP contribution >= 0.6 is 0 Å². The Labute approximate surface area is 101 Å². The first-order valence-electron chi connectivity index (χ1n) is 5.74. The fourth-order valence-corrected chi connectivity index (χ4v) is 1.47. The second-order valence-corrected chi connectivity index (χ2v) is 4.29. The van der Waals surface area contributed by atoms with Crippen molar-refractivity contribution in [2.75, 3.05) is 6.61 Å². The van der Waals surface area contributed by atoms with Crippen LogP contribution in [-0.4, -0.2) is 12.6 Å². The van der Waals surface area contributed by atoms with Crippen LogP contribution in [0, 0.1) is 19.8 Å². The number of carbonyl (C=O) groups is 1. The van der Waals surface area contributed by atoms with E-state index in [9.17, 15) is 9.59 Å². The van der Waals surface area contributed by atoms with Crippen molar-refractivity contribution in [1.82, 2.24) is 0 Å². The van der Waals surface area contributed by atoms with E-state index in [2.05, 4.69) is 0 Å². The molecule has 1 rings (SSSR count). The number of hydrogen-bond donors (Lipinski definition) is 0. The Balaban J connectivity index is 2.86. The van der Waals surface area contributed by atoms with Gasteiger partial charge >= 0.3 is 11.6 Å². The molecule has 4 heteroatoms. The zero-order valence-corrected chi connectivity index (χ0v) is 10.7. The predicted octanol–water partition coefficient (Wildman–Crippen LogP) is 2.46.